The van der Waals surface area contributed by atoms with Gasteiger partial charge in [-0.2, -0.15) is 0 Å². The Bertz CT molecular complexity index is 467. The third-order valence-electron chi connectivity index (χ3n) is 3.45. The number of ether oxygens (including phenoxy) is 1. The van der Waals surface area contributed by atoms with Crippen molar-refractivity contribution in [1.29, 1.82) is 0 Å². The van der Waals surface area contributed by atoms with Crippen molar-refractivity contribution in [3.63, 3.8) is 0 Å². The molecular weight excluding hydrogens is 278 g/mol. The summed E-state index contributed by atoms with van der Waals surface area (Å²) in [5.74, 6) is 0.390. The van der Waals surface area contributed by atoms with Crippen LogP contribution in [0.4, 0.5) is 4.79 Å². The Kier molecular flexibility index (Phi) is 4.93. The third kappa shape index (κ3) is 3.46. The van der Waals surface area contributed by atoms with E-state index in [9.17, 15) is 9.35 Å². The van der Waals surface area contributed by atoms with E-state index in [1.807, 2.05) is 0 Å². The minimum atomic E-state index is -1.19. The van der Waals surface area contributed by atoms with Crippen LogP contribution in [-0.4, -0.2) is 45.7 Å². The Morgan fingerprint density at radius 1 is 1.45 bits per heavy atom. The minimum absolute atomic E-state index is 0.228. The Morgan fingerprint density at radius 3 is 2.65 bits per heavy atom. The summed E-state index contributed by atoms with van der Waals surface area (Å²) in [7, 11) is 3.26. The van der Waals surface area contributed by atoms with Crippen molar-refractivity contribution in [1.82, 2.24) is 14.7 Å². The van der Waals surface area contributed by atoms with Gasteiger partial charge in [-0.05, 0) is 12.8 Å². The molecular formula is C13H21N3O3S. The van der Waals surface area contributed by atoms with E-state index in [1.165, 1.54) is 11.3 Å². The van der Waals surface area contributed by atoms with Crippen molar-refractivity contribution < 1.29 is 14.1 Å². The number of aromatic nitrogens is 2. The topological polar surface area (TPSA) is 70.4 Å². The van der Waals surface area contributed by atoms with Gasteiger partial charge in [-0.25, -0.2) is 9.48 Å². The number of rotatable bonds is 3. The van der Waals surface area contributed by atoms with Gasteiger partial charge in [-0.1, -0.05) is 19.3 Å². The average Bonchev–Trinajstić information content (AvgIpc) is 2.83. The second-order valence-electron chi connectivity index (χ2n) is 5.27. The number of amides is 1. The number of hydrogen-bond acceptors (Lipinski definition) is 4. The van der Waals surface area contributed by atoms with Gasteiger partial charge in [0.2, 0.25) is 5.88 Å². The van der Waals surface area contributed by atoms with Gasteiger partial charge < -0.3 is 14.2 Å². The molecule has 1 amide bonds. The first kappa shape index (κ1) is 15.2. The maximum atomic E-state index is 11.7. The molecule has 1 aromatic heterocycles. The molecule has 1 unspecified atom stereocenters. The van der Waals surface area contributed by atoms with Crippen LogP contribution in [-0.2, 0) is 11.2 Å². The molecule has 0 aromatic carbocycles. The highest BCUT2D eigenvalue weighted by Gasteiger charge is 2.25. The Hall–Kier alpha value is -1.21. The van der Waals surface area contributed by atoms with E-state index in [-0.39, 0.29) is 6.04 Å². The van der Waals surface area contributed by atoms with Crippen LogP contribution in [0.3, 0.4) is 0 Å². The third-order valence-corrected chi connectivity index (χ3v) is 4.24. The maximum Gasteiger partial charge on any atom is 0.416 e. The van der Waals surface area contributed by atoms with Crippen LogP contribution in [0, 0.1) is 0 Å². The van der Waals surface area contributed by atoms with Crippen molar-refractivity contribution in [2.75, 3.05) is 20.4 Å². The SMILES string of the molecule is CN(C)C(=O)Oc1cc([S+](C)[O-])nn1C1CCCCC1. The molecule has 20 heavy (non-hydrogen) atoms. The summed E-state index contributed by atoms with van der Waals surface area (Å²) < 4.78 is 18.7. The van der Waals surface area contributed by atoms with Gasteiger partial charge in [-0.15, -0.1) is 5.10 Å². The Labute approximate surface area is 122 Å². The molecule has 0 saturated heterocycles. The van der Waals surface area contributed by atoms with Gasteiger partial charge in [0, 0.05) is 25.3 Å². The highest BCUT2D eigenvalue weighted by Crippen LogP contribution is 2.32. The van der Waals surface area contributed by atoms with Crippen LogP contribution in [0.25, 0.3) is 0 Å². The van der Waals surface area contributed by atoms with Crippen LogP contribution in [0.1, 0.15) is 38.1 Å². The molecule has 1 fully saturated rings. The smallest absolute Gasteiger partial charge is 0.416 e. The first-order chi connectivity index (χ1) is 9.49. The van der Waals surface area contributed by atoms with Crippen molar-refractivity contribution in [2.45, 2.75) is 43.2 Å². The van der Waals surface area contributed by atoms with E-state index in [0.717, 1.165) is 25.7 Å². The maximum absolute atomic E-state index is 11.7. The molecule has 7 heteroatoms. The van der Waals surface area contributed by atoms with E-state index in [4.69, 9.17) is 4.74 Å². The fourth-order valence-corrected chi connectivity index (χ4v) is 2.81. The lowest BCUT2D eigenvalue weighted by atomic mass is 9.96. The van der Waals surface area contributed by atoms with Crippen LogP contribution in [0.15, 0.2) is 11.1 Å². The number of nitrogens with zero attached hydrogens (tertiary/aromatic N) is 3. The fourth-order valence-electron chi connectivity index (χ4n) is 2.34. The van der Waals surface area contributed by atoms with Crippen LogP contribution >= 0.6 is 0 Å². The summed E-state index contributed by atoms with van der Waals surface area (Å²) in [4.78, 5) is 13.1. The van der Waals surface area contributed by atoms with Crippen molar-refractivity contribution in [2.24, 2.45) is 0 Å². The van der Waals surface area contributed by atoms with Gasteiger partial charge >= 0.3 is 6.09 Å². The molecule has 1 aliphatic rings. The fraction of sp³-hybridized carbons (Fsp3) is 0.692. The van der Waals surface area contributed by atoms with Gasteiger partial charge in [-0.3, -0.25) is 0 Å². The highest BCUT2D eigenvalue weighted by atomic mass is 32.2. The first-order valence-electron chi connectivity index (χ1n) is 6.81. The molecule has 0 N–H and O–H groups in total. The van der Waals surface area contributed by atoms with Crippen LogP contribution < -0.4 is 4.74 Å². The summed E-state index contributed by atoms with van der Waals surface area (Å²) in [6.45, 7) is 0. The minimum Gasteiger partial charge on any atom is -0.610 e. The average molecular weight is 299 g/mol. The number of carbonyl (C=O) groups is 1. The zero-order valence-electron chi connectivity index (χ0n) is 12.2. The zero-order chi connectivity index (χ0) is 14.7. The summed E-state index contributed by atoms with van der Waals surface area (Å²) in [5.41, 5.74) is 0. The van der Waals surface area contributed by atoms with Gasteiger partial charge in [0.1, 0.15) is 6.26 Å². The molecule has 0 spiro atoms. The van der Waals surface area contributed by atoms with Crippen molar-refractivity contribution >= 4 is 17.3 Å². The lowest BCUT2D eigenvalue weighted by Gasteiger charge is -2.23. The summed E-state index contributed by atoms with van der Waals surface area (Å²) in [6, 6.07) is 1.83. The lowest BCUT2D eigenvalue weighted by molar-refractivity contribution is 0.163. The quantitative estimate of drug-likeness (QED) is 0.802. The van der Waals surface area contributed by atoms with E-state index in [1.54, 1.807) is 31.1 Å². The van der Waals surface area contributed by atoms with Crippen molar-refractivity contribution in [3.8, 4) is 5.88 Å². The molecule has 6 nitrogen and oxygen atoms in total. The molecule has 1 atom stereocenters. The van der Waals surface area contributed by atoms with E-state index in [2.05, 4.69) is 5.10 Å². The Morgan fingerprint density at radius 2 is 2.10 bits per heavy atom. The molecule has 1 heterocycles. The first-order valence-corrected chi connectivity index (χ1v) is 8.37. The van der Waals surface area contributed by atoms with E-state index in [0.29, 0.717) is 10.9 Å². The number of carbonyl (C=O) groups excluding carboxylic acids is 1. The van der Waals surface area contributed by atoms with Crippen molar-refractivity contribution in [3.05, 3.63) is 6.07 Å². The number of hydrogen-bond donors (Lipinski definition) is 0. The van der Waals surface area contributed by atoms with Crippen LogP contribution in [0.2, 0.25) is 0 Å². The van der Waals surface area contributed by atoms with E-state index >= 15 is 0 Å². The second-order valence-corrected chi connectivity index (χ2v) is 6.60. The largest absolute Gasteiger partial charge is 0.610 e. The molecule has 112 valence electrons. The lowest BCUT2D eigenvalue weighted by Crippen LogP contribution is -2.27. The summed E-state index contributed by atoms with van der Waals surface area (Å²) in [5, 5.41) is 4.82. The van der Waals surface area contributed by atoms with E-state index < -0.39 is 17.3 Å². The predicted molar refractivity (Wildman–Crippen MR) is 76.4 cm³/mol. The normalized spacial score (nSPS) is 17.8. The predicted octanol–water partition coefficient (Wildman–Crippen LogP) is 2.19. The summed E-state index contributed by atoms with van der Waals surface area (Å²) >= 11 is -1.19. The van der Waals surface area contributed by atoms with Crippen LogP contribution in [0.5, 0.6) is 5.88 Å². The van der Waals surface area contributed by atoms with Gasteiger partial charge in [0.05, 0.1) is 12.1 Å². The monoisotopic (exact) mass is 299 g/mol. The molecule has 0 bridgehead atoms. The molecule has 0 radical (unpaired) electrons. The highest BCUT2D eigenvalue weighted by molar-refractivity contribution is 7.90. The summed E-state index contributed by atoms with van der Waals surface area (Å²) in [6.07, 6.45) is 6.69. The second kappa shape index (κ2) is 6.49. The molecule has 1 aromatic rings. The van der Waals surface area contributed by atoms with Gasteiger partial charge in [0.25, 0.3) is 5.03 Å². The molecule has 2 rings (SSSR count). The molecule has 0 aliphatic heterocycles. The standard InChI is InChI=1S/C13H21N3O3S/c1-15(2)13(17)19-12-9-11(20(3)18)14-16(12)10-7-5-4-6-8-10/h9-10H,4-8H2,1-3H3. The zero-order valence-corrected chi connectivity index (χ0v) is 13.0. The molecule has 1 saturated carbocycles. The molecule has 1 aliphatic carbocycles. The van der Waals surface area contributed by atoms with Gasteiger partial charge in [0.15, 0.2) is 0 Å². The Balaban J connectivity index is 2.25.